The molecule has 0 aromatic carbocycles. The Morgan fingerprint density at radius 2 is 2.26 bits per heavy atom. The molecule has 0 fully saturated rings. The lowest BCUT2D eigenvalue weighted by atomic mass is 10.0. The van der Waals surface area contributed by atoms with Gasteiger partial charge in [-0.25, -0.2) is 0 Å². The van der Waals surface area contributed by atoms with E-state index in [0.29, 0.717) is 0 Å². The van der Waals surface area contributed by atoms with E-state index in [1.54, 1.807) is 6.20 Å². The van der Waals surface area contributed by atoms with E-state index in [-0.39, 0.29) is 6.04 Å². The molecule has 0 spiro atoms. The number of pyridine rings is 1. The van der Waals surface area contributed by atoms with Crippen LogP contribution in [0.1, 0.15) is 23.9 Å². The first-order chi connectivity index (χ1) is 9.22. The number of aromatic nitrogens is 3. The zero-order valence-electron chi connectivity index (χ0n) is 11.5. The lowest BCUT2D eigenvalue weighted by Crippen LogP contribution is -2.38. The second-order valence-electron chi connectivity index (χ2n) is 4.74. The van der Waals surface area contributed by atoms with Crippen LogP contribution in [0.3, 0.4) is 0 Å². The Labute approximate surface area is 113 Å². The van der Waals surface area contributed by atoms with Crippen molar-refractivity contribution >= 4 is 0 Å². The second kappa shape index (κ2) is 6.45. The van der Waals surface area contributed by atoms with Crippen LogP contribution < -0.4 is 11.3 Å². The number of hydrazine groups is 1. The molecule has 2 aromatic heterocycles. The summed E-state index contributed by atoms with van der Waals surface area (Å²) in [4.78, 5) is 4.13. The molecular formula is C14H21N5. The maximum Gasteiger partial charge on any atom is 0.0624 e. The van der Waals surface area contributed by atoms with Crippen molar-refractivity contribution in [3.63, 3.8) is 0 Å². The van der Waals surface area contributed by atoms with Crippen LogP contribution in [0.15, 0.2) is 30.6 Å². The van der Waals surface area contributed by atoms with Crippen LogP contribution in [0.25, 0.3) is 0 Å². The summed E-state index contributed by atoms with van der Waals surface area (Å²) in [5, 5.41) is 4.46. The van der Waals surface area contributed by atoms with Gasteiger partial charge in [-0.15, -0.1) is 0 Å². The van der Waals surface area contributed by atoms with Crippen LogP contribution in [-0.2, 0) is 26.3 Å². The standard InChI is InChI=1S/C14H21N5/c1-3-12-8-14(19(2)18-12)9-13(17-15)7-11-5-4-6-16-10-11/h4-6,8,10,13,17H,3,7,9,15H2,1-2H3. The third-order valence-electron chi connectivity index (χ3n) is 3.29. The average molecular weight is 259 g/mol. The molecule has 2 heterocycles. The molecule has 102 valence electrons. The van der Waals surface area contributed by atoms with Crippen LogP contribution in [-0.4, -0.2) is 20.8 Å². The monoisotopic (exact) mass is 259 g/mol. The van der Waals surface area contributed by atoms with Crippen molar-refractivity contribution in [2.75, 3.05) is 0 Å². The minimum Gasteiger partial charge on any atom is -0.272 e. The summed E-state index contributed by atoms with van der Waals surface area (Å²) >= 11 is 0. The fraction of sp³-hybridized carbons (Fsp3) is 0.429. The van der Waals surface area contributed by atoms with E-state index >= 15 is 0 Å². The maximum atomic E-state index is 5.66. The van der Waals surface area contributed by atoms with Crippen LogP contribution in [0.4, 0.5) is 0 Å². The van der Waals surface area contributed by atoms with E-state index in [1.807, 2.05) is 24.0 Å². The van der Waals surface area contributed by atoms with Gasteiger partial charge in [0.2, 0.25) is 0 Å². The average Bonchev–Trinajstić information content (AvgIpc) is 2.80. The van der Waals surface area contributed by atoms with E-state index < -0.39 is 0 Å². The zero-order valence-corrected chi connectivity index (χ0v) is 11.5. The first-order valence-corrected chi connectivity index (χ1v) is 6.59. The number of nitrogens with one attached hydrogen (secondary N) is 1. The normalized spacial score (nSPS) is 12.6. The molecule has 3 N–H and O–H groups in total. The largest absolute Gasteiger partial charge is 0.272 e. The quantitative estimate of drug-likeness (QED) is 0.600. The number of rotatable bonds is 6. The molecule has 0 aliphatic rings. The zero-order chi connectivity index (χ0) is 13.7. The Morgan fingerprint density at radius 1 is 1.42 bits per heavy atom. The topological polar surface area (TPSA) is 68.8 Å². The first-order valence-electron chi connectivity index (χ1n) is 6.59. The van der Waals surface area contributed by atoms with E-state index in [2.05, 4.69) is 34.6 Å². The van der Waals surface area contributed by atoms with Crippen molar-refractivity contribution in [3.8, 4) is 0 Å². The third-order valence-corrected chi connectivity index (χ3v) is 3.29. The van der Waals surface area contributed by atoms with Gasteiger partial charge < -0.3 is 0 Å². The summed E-state index contributed by atoms with van der Waals surface area (Å²) in [6, 6.07) is 6.35. The number of hydrogen-bond acceptors (Lipinski definition) is 4. The Balaban J connectivity index is 2.04. The van der Waals surface area contributed by atoms with Crippen molar-refractivity contribution in [1.82, 2.24) is 20.2 Å². The van der Waals surface area contributed by atoms with E-state index in [1.165, 1.54) is 11.3 Å². The molecule has 0 aliphatic carbocycles. The van der Waals surface area contributed by atoms with Crippen LogP contribution in [0, 0.1) is 0 Å². The molecule has 2 aromatic rings. The predicted octanol–water partition coefficient (Wildman–Crippen LogP) is 0.995. The lowest BCUT2D eigenvalue weighted by molar-refractivity contribution is 0.504. The van der Waals surface area contributed by atoms with Gasteiger partial charge in [-0.1, -0.05) is 13.0 Å². The van der Waals surface area contributed by atoms with Crippen molar-refractivity contribution in [3.05, 3.63) is 47.5 Å². The molecule has 1 unspecified atom stereocenters. The van der Waals surface area contributed by atoms with Crippen molar-refractivity contribution in [2.45, 2.75) is 32.2 Å². The van der Waals surface area contributed by atoms with Crippen molar-refractivity contribution < 1.29 is 0 Å². The van der Waals surface area contributed by atoms with Crippen molar-refractivity contribution in [1.29, 1.82) is 0 Å². The summed E-state index contributed by atoms with van der Waals surface area (Å²) in [5.74, 6) is 5.66. The molecular weight excluding hydrogens is 238 g/mol. The maximum absolute atomic E-state index is 5.66. The Hall–Kier alpha value is -1.72. The predicted molar refractivity (Wildman–Crippen MR) is 75.3 cm³/mol. The SMILES string of the molecule is CCc1cc(CC(Cc2cccnc2)NN)n(C)n1. The molecule has 5 nitrogen and oxygen atoms in total. The fourth-order valence-electron chi connectivity index (χ4n) is 2.18. The molecule has 0 bridgehead atoms. The fourth-order valence-corrected chi connectivity index (χ4v) is 2.18. The highest BCUT2D eigenvalue weighted by molar-refractivity contribution is 5.14. The molecule has 0 aliphatic heterocycles. The number of aryl methyl sites for hydroxylation is 2. The van der Waals surface area contributed by atoms with Crippen LogP contribution >= 0.6 is 0 Å². The summed E-state index contributed by atoms with van der Waals surface area (Å²) in [7, 11) is 1.98. The molecule has 19 heavy (non-hydrogen) atoms. The highest BCUT2D eigenvalue weighted by atomic mass is 15.3. The Bertz CT molecular complexity index is 506. The van der Waals surface area contributed by atoms with Crippen LogP contribution in [0.5, 0.6) is 0 Å². The van der Waals surface area contributed by atoms with Gasteiger partial charge in [0.1, 0.15) is 0 Å². The lowest BCUT2D eigenvalue weighted by Gasteiger charge is -2.15. The third kappa shape index (κ3) is 3.62. The minimum absolute atomic E-state index is 0.185. The summed E-state index contributed by atoms with van der Waals surface area (Å²) < 4.78 is 1.94. The molecule has 0 radical (unpaired) electrons. The molecule has 0 saturated carbocycles. The van der Waals surface area contributed by atoms with Gasteiger partial charge in [-0.05, 0) is 30.5 Å². The first kappa shape index (κ1) is 13.7. The van der Waals surface area contributed by atoms with E-state index in [4.69, 9.17) is 5.84 Å². The molecule has 5 heteroatoms. The summed E-state index contributed by atoms with van der Waals surface area (Å²) in [6.45, 7) is 2.11. The molecule has 0 saturated heterocycles. The van der Waals surface area contributed by atoms with Gasteiger partial charge in [0, 0.05) is 37.6 Å². The van der Waals surface area contributed by atoms with Crippen LogP contribution in [0.2, 0.25) is 0 Å². The van der Waals surface area contributed by atoms with Gasteiger partial charge in [0.25, 0.3) is 0 Å². The molecule has 2 rings (SSSR count). The number of hydrogen-bond donors (Lipinski definition) is 2. The molecule has 1 atom stereocenters. The van der Waals surface area contributed by atoms with Gasteiger partial charge in [-0.3, -0.25) is 20.9 Å². The smallest absolute Gasteiger partial charge is 0.0624 e. The van der Waals surface area contributed by atoms with E-state index in [0.717, 1.165) is 25.0 Å². The van der Waals surface area contributed by atoms with Gasteiger partial charge in [0.05, 0.1) is 5.69 Å². The van der Waals surface area contributed by atoms with Gasteiger partial charge in [-0.2, -0.15) is 5.10 Å². The Morgan fingerprint density at radius 3 is 2.84 bits per heavy atom. The van der Waals surface area contributed by atoms with Gasteiger partial charge >= 0.3 is 0 Å². The van der Waals surface area contributed by atoms with Gasteiger partial charge in [0.15, 0.2) is 0 Å². The summed E-state index contributed by atoms with van der Waals surface area (Å²) in [6.07, 6.45) is 6.33. The van der Waals surface area contributed by atoms with Crippen molar-refractivity contribution in [2.24, 2.45) is 12.9 Å². The summed E-state index contributed by atoms with van der Waals surface area (Å²) in [5.41, 5.74) is 6.39. The second-order valence-corrected chi connectivity index (χ2v) is 4.74. The molecule has 0 amide bonds. The Kier molecular flexibility index (Phi) is 4.65. The highest BCUT2D eigenvalue weighted by Gasteiger charge is 2.12. The number of nitrogens with two attached hydrogens (primary N) is 1. The van der Waals surface area contributed by atoms with E-state index in [9.17, 15) is 0 Å². The minimum atomic E-state index is 0.185. The highest BCUT2D eigenvalue weighted by Crippen LogP contribution is 2.10. The number of nitrogens with zero attached hydrogens (tertiary/aromatic N) is 3.